The average Bonchev–Trinajstić information content (AvgIpc) is 2.62. The van der Waals surface area contributed by atoms with Gasteiger partial charge >= 0.3 is 12.1 Å². The van der Waals surface area contributed by atoms with Crippen LogP contribution in [0.25, 0.3) is 11.5 Å². The molecule has 154 valence electrons. The number of nitrogens with zero attached hydrogens (tertiary/aromatic N) is 3. The Balaban J connectivity index is 2.46. The minimum atomic E-state index is -5.84. The molecule has 0 bridgehead atoms. The van der Waals surface area contributed by atoms with Crippen LogP contribution in [0.5, 0.6) is 5.75 Å². The molecule has 28 heavy (non-hydrogen) atoms. The van der Waals surface area contributed by atoms with Gasteiger partial charge in [0.05, 0.1) is 16.8 Å². The molecule has 0 aliphatic carbocycles. The van der Waals surface area contributed by atoms with Crippen molar-refractivity contribution < 1.29 is 35.1 Å². The Morgan fingerprint density at radius 3 is 2.39 bits per heavy atom. The molecular formula is C15H14F5N3O4S. The first kappa shape index (κ1) is 21.7. The first-order valence-corrected chi connectivity index (χ1v) is 9.28. The Hall–Kier alpha value is -2.57. The molecule has 0 fully saturated rings. The second-order valence-corrected chi connectivity index (χ2v) is 7.80. The van der Waals surface area contributed by atoms with E-state index in [0.717, 1.165) is 11.6 Å². The Morgan fingerprint density at radius 1 is 1.18 bits per heavy atom. The van der Waals surface area contributed by atoms with Gasteiger partial charge in [0.2, 0.25) is 5.75 Å². The van der Waals surface area contributed by atoms with Gasteiger partial charge in [-0.1, -0.05) is 6.92 Å². The zero-order chi connectivity index (χ0) is 21.3. The van der Waals surface area contributed by atoms with E-state index in [-0.39, 0.29) is 22.2 Å². The Bertz CT molecular complexity index is 1030. The van der Waals surface area contributed by atoms with Gasteiger partial charge in [-0.15, -0.1) is 0 Å². The van der Waals surface area contributed by atoms with Gasteiger partial charge in [0.1, 0.15) is 5.69 Å². The van der Waals surface area contributed by atoms with Gasteiger partial charge in [0, 0.05) is 13.2 Å². The van der Waals surface area contributed by atoms with E-state index in [0.29, 0.717) is 6.20 Å². The van der Waals surface area contributed by atoms with E-state index < -0.39 is 39.9 Å². The fourth-order valence-corrected chi connectivity index (χ4v) is 3.09. The smallest absolute Gasteiger partial charge is 0.456 e. The molecule has 13 heteroatoms. The summed E-state index contributed by atoms with van der Waals surface area (Å²) < 4.78 is 92.0. The lowest BCUT2D eigenvalue weighted by Gasteiger charge is -2.19. The lowest BCUT2D eigenvalue weighted by Crippen LogP contribution is -2.42. The normalized spacial score (nSPS) is 12.8. The van der Waals surface area contributed by atoms with Crippen LogP contribution in [0.15, 0.2) is 34.2 Å². The summed E-state index contributed by atoms with van der Waals surface area (Å²) >= 11 is 0. The number of hydrogen-bond acceptors (Lipinski definition) is 6. The monoisotopic (exact) mass is 427 g/mol. The molecule has 0 saturated heterocycles. The second kappa shape index (κ2) is 7.45. The summed E-state index contributed by atoms with van der Waals surface area (Å²) in [6.45, 7) is -0.706. The van der Waals surface area contributed by atoms with Crippen molar-refractivity contribution in [1.29, 1.82) is 0 Å². The van der Waals surface area contributed by atoms with Gasteiger partial charge in [-0.3, -0.25) is 14.3 Å². The highest BCUT2D eigenvalue weighted by Crippen LogP contribution is 2.35. The SMILES string of the molecule is CCS(=O)(=O)c1cccnc1-c1ncc(OCC(F)(F)C(F)(F)F)c(=O)n1C. The molecule has 7 nitrogen and oxygen atoms in total. The molecule has 0 aliphatic heterocycles. The number of sulfone groups is 1. The van der Waals surface area contributed by atoms with Gasteiger partial charge in [0.25, 0.3) is 5.56 Å². The molecule has 0 aromatic carbocycles. The van der Waals surface area contributed by atoms with Crippen LogP contribution in [-0.4, -0.2) is 47.4 Å². The molecule has 2 aromatic rings. The number of rotatable bonds is 6. The van der Waals surface area contributed by atoms with Gasteiger partial charge < -0.3 is 4.74 Å². The van der Waals surface area contributed by atoms with Gasteiger partial charge in [-0.05, 0) is 12.1 Å². The van der Waals surface area contributed by atoms with Crippen molar-refractivity contribution in [2.75, 3.05) is 12.4 Å². The quantitative estimate of drug-likeness (QED) is 0.657. The maximum Gasteiger partial charge on any atom is 0.456 e. The summed E-state index contributed by atoms with van der Waals surface area (Å²) in [5.41, 5.74) is -1.26. The van der Waals surface area contributed by atoms with Crippen LogP contribution >= 0.6 is 0 Å². The van der Waals surface area contributed by atoms with Gasteiger partial charge in [-0.2, -0.15) is 22.0 Å². The fraction of sp³-hybridized carbons (Fsp3) is 0.400. The minimum absolute atomic E-state index is 0.170. The molecule has 0 aliphatic rings. The maximum absolute atomic E-state index is 13.0. The number of alkyl halides is 5. The molecule has 2 heterocycles. The topological polar surface area (TPSA) is 91.2 Å². The largest absolute Gasteiger partial charge is 0.480 e. The van der Waals surface area contributed by atoms with E-state index in [1.54, 1.807) is 0 Å². The predicted octanol–water partition coefficient (Wildman–Crippen LogP) is 2.21. The van der Waals surface area contributed by atoms with E-state index in [1.807, 2.05) is 0 Å². The third-order valence-electron chi connectivity index (χ3n) is 3.66. The number of aromatic nitrogens is 3. The predicted molar refractivity (Wildman–Crippen MR) is 86.9 cm³/mol. The summed E-state index contributed by atoms with van der Waals surface area (Å²) in [7, 11) is -2.61. The third-order valence-corrected chi connectivity index (χ3v) is 5.42. The summed E-state index contributed by atoms with van der Waals surface area (Å²) in [4.78, 5) is 19.7. The summed E-state index contributed by atoms with van der Waals surface area (Å²) in [6.07, 6.45) is -3.95. The van der Waals surface area contributed by atoms with Crippen LogP contribution in [0.4, 0.5) is 22.0 Å². The van der Waals surface area contributed by atoms with Gasteiger partial charge in [0.15, 0.2) is 22.3 Å². The van der Waals surface area contributed by atoms with E-state index in [4.69, 9.17) is 0 Å². The molecule has 0 saturated carbocycles. The van der Waals surface area contributed by atoms with Crippen molar-refractivity contribution in [1.82, 2.24) is 14.5 Å². The van der Waals surface area contributed by atoms with E-state index in [9.17, 15) is 35.2 Å². The molecular weight excluding hydrogens is 413 g/mol. The maximum atomic E-state index is 13.0. The molecule has 0 N–H and O–H groups in total. The second-order valence-electron chi connectivity index (χ2n) is 5.55. The lowest BCUT2D eigenvalue weighted by molar-refractivity contribution is -0.290. The van der Waals surface area contributed by atoms with Crippen LogP contribution < -0.4 is 10.3 Å². The summed E-state index contributed by atoms with van der Waals surface area (Å²) in [5.74, 6) is -6.51. The van der Waals surface area contributed by atoms with Crippen LogP contribution in [0.3, 0.4) is 0 Å². The fourth-order valence-electron chi connectivity index (χ4n) is 2.06. The van der Waals surface area contributed by atoms with Crippen LogP contribution in [-0.2, 0) is 16.9 Å². The number of ether oxygens (including phenoxy) is 1. The first-order valence-electron chi connectivity index (χ1n) is 7.63. The molecule has 0 unspecified atom stereocenters. The summed E-state index contributed by atoms with van der Waals surface area (Å²) in [6, 6.07) is 2.61. The minimum Gasteiger partial charge on any atom is -0.480 e. The Labute approximate surface area is 155 Å². The van der Waals surface area contributed by atoms with E-state index in [2.05, 4.69) is 14.7 Å². The van der Waals surface area contributed by atoms with Crippen LogP contribution in [0, 0.1) is 0 Å². The zero-order valence-electron chi connectivity index (χ0n) is 14.5. The molecule has 0 spiro atoms. The highest BCUT2D eigenvalue weighted by atomic mass is 32.2. The third kappa shape index (κ3) is 4.13. The van der Waals surface area contributed by atoms with Crippen molar-refractivity contribution in [3.8, 4) is 17.3 Å². The Kier molecular flexibility index (Phi) is 5.78. The highest BCUT2D eigenvalue weighted by molar-refractivity contribution is 7.91. The Morgan fingerprint density at radius 2 is 1.82 bits per heavy atom. The number of halogens is 5. The number of pyridine rings is 1. The molecule has 0 atom stereocenters. The van der Waals surface area contributed by atoms with Crippen molar-refractivity contribution in [2.24, 2.45) is 7.05 Å². The van der Waals surface area contributed by atoms with Crippen molar-refractivity contribution in [3.63, 3.8) is 0 Å². The van der Waals surface area contributed by atoms with E-state index in [1.165, 1.54) is 25.3 Å². The highest BCUT2D eigenvalue weighted by Gasteiger charge is 2.58. The summed E-state index contributed by atoms with van der Waals surface area (Å²) in [5, 5.41) is 0. The lowest BCUT2D eigenvalue weighted by atomic mass is 10.3. The standard InChI is InChI=1S/C15H14F5N3O4S/c1-3-28(25,26)10-5-4-6-21-11(10)12-22-7-9(13(24)23(12)2)27-8-14(16,17)15(18,19)20/h4-7H,3,8H2,1-2H3. The van der Waals surface area contributed by atoms with Crippen LogP contribution in [0.2, 0.25) is 0 Å². The van der Waals surface area contributed by atoms with Crippen molar-refractivity contribution >= 4 is 9.84 Å². The van der Waals surface area contributed by atoms with Gasteiger partial charge in [-0.25, -0.2) is 13.4 Å². The van der Waals surface area contributed by atoms with Crippen LogP contribution in [0.1, 0.15) is 6.92 Å². The average molecular weight is 427 g/mol. The van der Waals surface area contributed by atoms with E-state index >= 15 is 0 Å². The molecule has 2 aromatic heterocycles. The molecule has 0 amide bonds. The molecule has 2 rings (SSSR count). The van der Waals surface area contributed by atoms with Crippen molar-refractivity contribution in [2.45, 2.75) is 23.9 Å². The molecule has 0 radical (unpaired) electrons. The van der Waals surface area contributed by atoms with Crippen molar-refractivity contribution in [3.05, 3.63) is 34.9 Å². The zero-order valence-corrected chi connectivity index (χ0v) is 15.3. The first-order chi connectivity index (χ1) is 12.8. The number of hydrogen-bond donors (Lipinski definition) is 0.